The molecule has 0 aromatic carbocycles. The van der Waals surface area contributed by atoms with Crippen molar-refractivity contribution in [2.75, 3.05) is 24.7 Å². The van der Waals surface area contributed by atoms with E-state index in [1.54, 1.807) is 0 Å². The Morgan fingerprint density at radius 3 is 1.98 bits per heavy atom. The van der Waals surface area contributed by atoms with E-state index in [1.165, 1.54) is 0 Å². The molecule has 270 valence electrons. The number of aliphatic hydroxyl groups is 2. The van der Waals surface area contributed by atoms with Gasteiger partial charge in [-0.1, -0.05) is 0 Å². The van der Waals surface area contributed by atoms with Crippen molar-refractivity contribution in [3.05, 3.63) is 32.9 Å². The van der Waals surface area contributed by atoms with E-state index in [1.807, 2.05) is 0 Å². The fraction of sp³-hybridized carbons (Fsp3) is 0.500. The first-order chi connectivity index (χ1) is 23.5. The molecule has 7 rings (SSSR count). The molecule has 0 bridgehead atoms. The minimum atomic E-state index is -5.49. The number of imidazole rings is 2. The van der Waals surface area contributed by atoms with Crippen LogP contribution < -0.4 is 32.4 Å². The van der Waals surface area contributed by atoms with Gasteiger partial charge in [0.05, 0.1) is 19.5 Å². The molecule has 9 N–H and O–H groups in total. The molecule has 10 atom stereocenters. The molecule has 0 spiro atoms. The van der Waals surface area contributed by atoms with E-state index in [0.29, 0.717) is 0 Å². The molecule has 28 heteroatoms. The fourth-order valence-electron chi connectivity index (χ4n) is 5.80. The summed E-state index contributed by atoms with van der Waals surface area (Å²) < 4.78 is 59.6. The number of carboxylic acids is 1. The summed E-state index contributed by atoms with van der Waals surface area (Å²) in [6.07, 6.45) is -14.5. The maximum absolute atomic E-state index is 13.1. The molecule has 3 aliphatic rings. The lowest BCUT2D eigenvalue weighted by molar-refractivity contribution is -0.244. The Bertz CT molecular complexity index is 2220. The van der Waals surface area contributed by atoms with Crippen LogP contribution in [0.4, 0.5) is 11.9 Å². The number of H-pyrrole nitrogens is 2. The monoisotopic (exact) mass is 746 g/mol. The van der Waals surface area contributed by atoms with Crippen molar-refractivity contribution in [2.45, 2.75) is 55.5 Å². The third-order valence-electron chi connectivity index (χ3n) is 7.84. The Morgan fingerprint density at radius 2 is 1.40 bits per heavy atom. The van der Waals surface area contributed by atoms with Crippen molar-refractivity contribution in [1.29, 1.82) is 0 Å². The van der Waals surface area contributed by atoms with E-state index in [-0.39, 0.29) is 28.6 Å². The lowest BCUT2D eigenvalue weighted by Gasteiger charge is -2.34. The van der Waals surface area contributed by atoms with E-state index < -0.39 is 113 Å². The van der Waals surface area contributed by atoms with Crippen LogP contribution in [0.25, 0.3) is 22.3 Å². The first kappa shape index (κ1) is 34.3. The van der Waals surface area contributed by atoms with Crippen molar-refractivity contribution in [1.82, 2.24) is 39.0 Å². The molecule has 0 aliphatic carbocycles. The number of hydrogen-bond acceptors (Lipinski definition) is 21. The number of nitrogen functional groups attached to an aromatic ring is 2. The topological polar surface area (TPSA) is 393 Å². The average Bonchev–Trinajstić information content (AvgIpc) is 3.74. The third kappa shape index (κ3) is 6.10. The number of aromatic nitrogens is 8. The molecule has 4 aromatic rings. The highest BCUT2D eigenvalue weighted by molar-refractivity contribution is 7.46. The van der Waals surface area contributed by atoms with Crippen LogP contribution in [-0.2, 0) is 47.9 Å². The number of aliphatic hydroxyl groups excluding tert-OH is 2. The molecule has 26 nitrogen and oxygen atoms in total. The van der Waals surface area contributed by atoms with E-state index in [4.69, 9.17) is 39.0 Å². The zero-order chi connectivity index (χ0) is 35.9. The van der Waals surface area contributed by atoms with Gasteiger partial charge in [-0.05, 0) is 0 Å². The molecule has 50 heavy (non-hydrogen) atoms. The number of phosphoric acid groups is 2. The number of nitrogens with zero attached hydrogens (tertiary/aromatic N) is 6. The number of phosphoric ester groups is 2. The number of fused-ring (bicyclic) bond motifs is 4. The number of nitrogens with two attached hydrogens (primary N) is 2. The van der Waals surface area contributed by atoms with Crippen LogP contribution >= 0.6 is 15.6 Å². The van der Waals surface area contributed by atoms with Crippen molar-refractivity contribution in [2.24, 2.45) is 0 Å². The van der Waals surface area contributed by atoms with Gasteiger partial charge in [0.25, 0.3) is 26.8 Å². The summed E-state index contributed by atoms with van der Waals surface area (Å²) >= 11 is 0. The van der Waals surface area contributed by atoms with Crippen molar-refractivity contribution in [3.63, 3.8) is 0 Å². The number of carbonyl (C=O) groups is 1. The quantitative estimate of drug-likeness (QED) is 0.0965. The maximum atomic E-state index is 13.1. The van der Waals surface area contributed by atoms with Crippen LogP contribution in [0, 0.1) is 0 Å². The Labute approximate surface area is 274 Å². The van der Waals surface area contributed by atoms with E-state index in [0.717, 1.165) is 15.5 Å². The second-order valence-corrected chi connectivity index (χ2v) is 13.8. The van der Waals surface area contributed by atoms with Gasteiger partial charge in [-0.2, -0.15) is 9.97 Å². The maximum Gasteiger partial charge on any atom is 0.311 e. The number of carboxylic acid groups (broad SMARTS) is 1. The van der Waals surface area contributed by atoms with Crippen LogP contribution in [0.3, 0.4) is 0 Å². The number of rotatable bonds is 4. The molecule has 0 amide bonds. The number of nitrogens with one attached hydrogen (secondary N) is 2. The molecule has 0 saturated carbocycles. The molecule has 3 saturated heterocycles. The predicted molar refractivity (Wildman–Crippen MR) is 153 cm³/mol. The second kappa shape index (κ2) is 12.3. The molecule has 0 radical (unpaired) electrons. The zero-order valence-corrected chi connectivity index (χ0v) is 26.5. The van der Waals surface area contributed by atoms with Crippen LogP contribution in [0.5, 0.6) is 0 Å². The van der Waals surface area contributed by atoms with Crippen LogP contribution in [0.15, 0.2) is 15.9 Å². The summed E-state index contributed by atoms with van der Waals surface area (Å²) in [6, 6.07) is 0. The Hall–Kier alpha value is -4.17. The van der Waals surface area contributed by atoms with Gasteiger partial charge in [-0.3, -0.25) is 42.6 Å². The third-order valence-corrected chi connectivity index (χ3v) is 9.78. The van der Waals surface area contributed by atoms with Crippen molar-refractivity contribution in [3.8, 4) is 0 Å². The molecule has 3 fully saturated rings. The first-order valence-corrected chi connectivity index (χ1v) is 17.1. The van der Waals surface area contributed by atoms with Crippen LogP contribution in [0.1, 0.15) is 18.3 Å². The lowest BCUT2D eigenvalue weighted by Crippen LogP contribution is -2.41. The number of ether oxygens (including phenoxy) is 2. The molecule has 4 unspecified atom stereocenters. The average molecular weight is 746 g/mol. The van der Waals surface area contributed by atoms with E-state index in [2.05, 4.69) is 29.9 Å². The lowest BCUT2D eigenvalue weighted by atomic mass is 10.1. The largest absolute Gasteiger partial charge is 0.756 e. The van der Waals surface area contributed by atoms with Crippen molar-refractivity contribution >= 4 is 55.8 Å². The van der Waals surface area contributed by atoms with Gasteiger partial charge in [-0.25, -0.2) is 9.97 Å². The minimum Gasteiger partial charge on any atom is -0.756 e. The highest BCUT2D eigenvalue weighted by Gasteiger charge is 2.52. The summed E-state index contributed by atoms with van der Waals surface area (Å²) in [5.41, 5.74) is 8.45. The summed E-state index contributed by atoms with van der Waals surface area (Å²) in [5, 5.41) is 31.8. The Balaban J connectivity index is 1.20. The molecular weight excluding hydrogens is 722 g/mol. The summed E-state index contributed by atoms with van der Waals surface area (Å²) in [6.45, 7) is -2.10. The van der Waals surface area contributed by atoms with Crippen molar-refractivity contribution < 1.29 is 66.6 Å². The standard InChI is InChI=1S/C22H26N10O16P2/c23-21-27-15-9(17(37)29-21)25-4-31(15)19-11(35)13-5(45-19)2-43-50(41,42)48-14-6(3-44-49(39,40)47-13)46-20(12(14)36)32-7(1-8(33)34)26-10-16(32)28-22(24)30-18(10)38/h4-6,11-14,19-20,35-36H,1-3H2,(H,33,34)(H,39,40)(H,41,42)(H3,23,27,29,37)(H3,24,28,30,38)/p-2/t5-,6-,11?,12?,13+,14+,19-,20-/m1/s1. The Kier molecular flexibility index (Phi) is 8.40. The molecule has 3 aliphatic heterocycles. The summed E-state index contributed by atoms with van der Waals surface area (Å²) in [5.74, 6) is -2.58. The van der Waals surface area contributed by atoms with Crippen LogP contribution in [-0.4, -0.2) is 110 Å². The van der Waals surface area contributed by atoms with E-state index in [9.17, 15) is 48.6 Å². The number of aliphatic carboxylic acids is 1. The van der Waals surface area contributed by atoms with E-state index >= 15 is 0 Å². The van der Waals surface area contributed by atoms with Gasteiger partial charge in [0.1, 0.15) is 48.9 Å². The summed E-state index contributed by atoms with van der Waals surface area (Å²) in [7, 11) is -11.0. The smallest absolute Gasteiger partial charge is 0.311 e. The Morgan fingerprint density at radius 1 is 0.880 bits per heavy atom. The van der Waals surface area contributed by atoms with Gasteiger partial charge in [0.15, 0.2) is 34.8 Å². The number of aromatic amines is 2. The number of hydrogen-bond donors (Lipinski definition) is 7. The minimum absolute atomic E-state index is 0.180. The second-order valence-electron chi connectivity index (χ2n) is 11.1. The molecular formula is C22H24N10O16P2-2. The normalized spacial score (nSPS) is 35.0. The fourth-order valence-corrected chi connectivity index (χ4v) is 7.70. The summed E-state index contributed by atoms with van der Waals surface area (Å²) in [4.78, 5) is 82.6. The first-order valence-electron chi connectivity index (χ1n) is 14.2. The zero-order valence-electron chi connectivity index (χ0n) is 24.7. The van der Waals surface area contributed by atoms with Gasteiger partial charge >= 0.3 is 5.97 Å². The molecule has 7 heterocycles. The van der Waals surface area contributed by atoms with Gasteiger partial charge in [-0.15, -0.1) is 0 Å². The van der Waals surface area contributed by atoms with Gasteiger partial charge in [0, 0.05) is 0 Å². The van der Waals surface area contributed by atoms with Gasteiger partial charge in [0.2, 0.25) is 11.9 Å². The SMILES string of the molecule is Nc1nc2c(ncn2[C@@H]2O[C@@H]3COP(=O)([O-])O[C@@H]4C(O)[C@H](n5c(CC(=O)O)nc6c(=O)[nH]c(N)nc65)O[C@@H]4COP(=O)([O-])O[C@@H]3C2O)c(=O)[nH]1. The van der Waals surface area contributed by atoms with Crippen LogP contribution in [0.2, 0.25) is 0 Å². The molecule has 4 aromatic heterocycles. The highest BCUT2D eigenvalue weighted by Crippen LogP contribution is 2.51. The predicted octanol–water partition coefficient (Wildman–Crippen LogP) is -4.69. The van der Waals surface area contributed by atoms with Gasteiger partial charge < -0.3 is 64.1 Å². The highest BCUT2D eigenvalue weighted by atomic mass is 31.2. The number of anilines is 2.